The minimum Gasteiger partial charge on any atom is -0.484 e. The largest absolute Gasteiger partial charge is 0.484 e. The standard InChI is InChI=1S/C23H24ClFN4O3/c24-16-6-5-14(9-17(16)25)32-11-21(30)26-19-10-20(13-7-12(19)8-13)27-23(31)22-15-3-1-2-4-18(15)28-29-22/h1-6,9,12-13,19-20,22,28-29H,7-8,10-11H2,(H,26,30)(H,27,31). The Bertz CT molecular complexity index is 1050. The van der Waals surface area contributed by atoms with Crippen LogP contribution in [0.2, 0.25) is 5.02 Å². The smallest absolute Gasteiger partial charge is 0.258 e. The highest BCUT2D eigenvalue weighted by Gasteiger charge is 2.47. The molecule has 7 nitrogen and oxygen atoms in total. The second kappa shape index (κ2) is 8.60. The van der Waals surface area contributed by atoms with E-state index < -0.39 is 11.9 Å². The number of para-hydroxylation sites is 1. The molecule has 1 aliphatic heterocycles. The number of hydrazine groups is 1. The zero-order chi connectivity index (χ0) is 22.2. The van der Waals surface area contributed by atoms with Crippen molar-refractivity contribution in [2.24, 2.45) is 11.8 Å². The summed E-state index contributed by atoms with van der Waals surface area (Å²) < 4.78 is 18.9. The van der Waals surface area contributed by atoms with Crippen molar-refractivity contribution >= 4 is 29.1 Å². The quantitative estimate of drug-likeness (QED) is 0.534. The summed E-state index contributed by atoms with van der Waals surface area (Å²) in [5.74, 6) is 0.169. The van der Waals surface area contributed by atoms with Crippen molar-refractivity contribution in [3.8, 4) is 5.75 Å². The van der Waals surface area contributed by atoms with Crippen LogP contribution < -0.4 is 26.2 Å². The van der Waals surface area contributed by atoms with Gasteiger partial charge in [0.15, 0.2) is 6.61 Å². The van der Waals surface area contributed by atoms with Crippen LogP contribution in [0.25, 0.3) is 0 Å². The Hall–Kier alpha value is -2.84. The summed E-state index contributed by atoms with van der Waals surface area (Å²) in [6.45, 7) is -0.209. The topological polar surface area (TPSA) is 91.5 Å². The van der Waals surface area contributed by atoms with Crippen molar-refractivity contribution < 1.29 is 18.7 Å². The van der Waals surface area contributed by atoms with E-state index in [2.05, 4.69) is 21.5 Å². The number of nitrogens with one attached hydrogen (secondary N) is 4. The van der Waals surface area contributed by atoms with Gasteiger partial charge in [-0.1, -0.05) is 29.8 Å². The average Bonchev–Trinajstić information content (AvgIpc) is 3.18. The summed E-state index contributed by atoms with van der Waals surface area (Å²) in [5, 5.41) is 6.22. The third kappa shape index (κ3) is 4.12. The van der Waals surface area contributed by atoms with Gasteiger partial charge >= 0.3 is 0 Å². The number of anilines is 1. The van der Waals surface area contributed by atoms with E-state index in [-0.39, 0.29) is 41.3 Å². The fraction of sp³-hybridized carbons (Fsp3) is 0.391. The summed E-state index contributed by atoms with van der Waals surface area (Å²) in [5.41, 5.74) is 7.92. The molecule has 2 amide bonds. The molecule has 2 bridgehead atoms. The summed E-state index contributed by atoms with van der Waals surface area (Å²) in [4.78, 5) is 25.3. The highest BCUT2D eigenvalue weighted by Crippen LogP contribution is 2.46. The number of hydrogen-bond acceptors (Lipinski definition) is 5. The minimum atomic E-state index is -0.592. The Morgan fingerprint density at radius 3 is 2.59 bits per heavy atom. The van der Waals surface area contributed by atoms with Crippen LogP contribution in [0.3, 0.4) is 0 Å². The second-order valence-electron chi connectivity index (χ2n) is 8.67. The maximum atomic E-state index is 13.5. The zero-order valence-corrected chi connectivity index (χ0v) is 18.0. The van der Waals surface area contributed by atoms with Crippen molar-refractivity contribution in [1.82, 2.24) is 16.1 Å². The molecule has 9 heteroatoms. The molecule has 4 aliphatic rings. The normalized spacial score (nSPS) is 27.5. The van der Waals surface area contributed by atoms with Gasteiger partial charge < -0.3 is 20.8 Å². The number of halogens is 2. The van der Waals surface area contributed by atoms with Gasteiger partial charge in [-0.2, -0.15) is 0 Å². The van der Waals surface area contributed by atoms with Crippen LogP contribution >= 0.6 is 11.6 Å². The molecule has 6 rings (SSSR count). The SMILES string of the molecule is O=C(COc1ccc(Cl)c(F)c1)NC1CC(NC(=O)C2NNc3ccccc32)C2CC1C2. The molecule has 0 spiro atoms. The van der Waals surface area contributed by atoms with Crippen molar-refractivity contribution in [3.63, 3.8) is 0 Å². The molecule has 0 radical (unpaired) electrons. The Morgan fingerprint density at radius 1 is 1.06 bits per heavy atom. The van der Waals surface area contributed by atoms with E-state index in [0.29, 0.717) is 18.3 Å². The monoisotopic (exact) mass is 458 g/mol. The number of ether oxygens (including phenoxy) is 1. The molecule has 3 unspecified atom stereocenters. The third-order valence-electron chi connectivity index (χ3n) is 6.68. The van der Waals surface area contributed by atoms with E-state index in [4.69, 9.17) is 16.3 Å². The van der Waals surface area contributed by atoms with Crippen molar-refractivity contribution in [1.29, 1.82) is 0 Å². The first kappa shape index (κ1) is 21.0. The van der Waals surface area contributed by atoms with Gasteiger partial charge in [-0.3, -0.25) is 9.59 Å². The third-order valence-corrected chi connectivity index (χ3v) is 6.98. The average molecular weight is 459 g/mol. The number of benzene rings is 2. The van der Waals surface area contributed by atoms with E-state index in [9.17, 15) is 14.0 Å². The Balaban J connectivity index is 1.14. The van der Waals surface area contributed by atoms with E-state index in [1.807, 2.05) is 24.3 Å². The lowest BCUT2D eigenvalue weighted by molar-refractivity contribution is -0.127. The van der Waals surface area contributed by atoms with E-state index >= 15 is 0 Å². The van der Waals surface area contributed by atoms with Crippen molar-refractivity contribution in [3.05, 3.63) is 58.9 Å². The predicted octanol–water partition coefficient (Wildman–Crippen LogP) is 2.93. The van der Waals surface area contributed by atoms with Crippen LogP contribution in [0.15, 0.2) is 42.5 Å². The van der Waals surface area contributed by atoms with Crippen molar-refractivity contribution in [2.75, 3.05) is 12.0 Å². The predicted molar refractivity (Wildman–Crippen MR) is 118 cm³/mol. The fourth-order valence-electron chi connectivity index (χ4n) is 4.90. The van der Waals surface area contributed by atoms with Gasteiger partial charge in [0.25, 0.3) is 5.91 Å². The maximum Gasteiger partial charge on any atom is 0.258 e. The summed E-state index contributed by atoms with van der Waals surface area (Å²) in [6, 6.07) is 11.3. The molecule has 3 saturated carbocycles. The van der Waals surface area contributed by atoms with Crippen LogP contribution in [-0.4, -0.2) is 30.5 Å². The molecule has 1 heterocycles. The van der Waals surface area contributed by atoms with Crippen LogP contribution in [0.5, 0.6) is 5.75 Å². The maximum absolute atomic E-state index is 13.5. The molecule has 3 atom stereocenters. The van der Waals surface area contributed by atoms with Crippen LogP contribution in [0, 0.1) is 17.7 Å². The Kier molecular flexibility index (Phi) is 5.65. The zero-order valence-electron chi connectivity index (χ0n) is 17.2. The summed E-state index contributed by atoms with van der Waals surface area (Å²) in [6.07, 6.45) is 2.64. The lowest BCUT2D eigenvalue weighted by atomic mass is 9.60. The molecular weight excluding hydrogens is 435 g/mol. The van der Waals surface area contributed by atoms with Gasteiger partial charge in [-0.15, -0.1) is 0 Å². The minimum absolute atomic E-state index is 0.00343. The van der Waals surface area contributed by atoms with Gasteiger partial charge in [0.1, 0.15) is 17.6 Å². The van der Waals surface area contributed by atoms with Gasteiger partial charge in [-0.05, 0) is 49.3 Å². The van der Waals surface area contributed by atoms with Gasteiger partial charge in [0, 0.05) is 23.7 Å². The first-order valence-electron chi connectivity index (χ1n) is 10.8. The van der Waals surface area contributed by atoms with Gasteiger partial charge in [-0.25, -0.2) is 9.82 Å². The molecule has 0 aromatic heterocycles. The van der Waals surface area contributed by atoms with E-state index in [0.717, 1.165) is 30.2 Å². The number of fused-ring (bicyclic) bond motifs is 3. The summed E-state index contributed by atoms with van der Waals surface area (Å²) in [7, 11) is 0. The Morgan fingerprint density at radius 2 is 1.81 bits per heavy atom. The molecule has 3 fully saturated rings. The number of amides is 2. The number of rotatable bonds is 6. The molecule has 168 valence electrons. The van der Waals surface area contributed by atoms with Gasteiger partial charge in [0.05, 0.1) is 10.7 Å². The van der Waals surface area contributed by atoms with Crippen LogP contribution in [0.1, 0.15) is 30.9 Å². The highest BCUT2D eigenvalue weighted by molar-refractivity contribution is 6.30. The Labute approximate surface area is 190 Å². The molecule has 3 aliphatic carbocycles. The number of carbonyl (C=O) groups is 2. The van der Waals surface area contributed by atoms with Crippen LogP contribution in [-0.2, 0) is 9.59 Å². The summed E-state index contributed by atoms with van der Waals surface area (Å²) >= 11 is 5.66. The van der Waals surface area contributed by atoms with Crippen molar-refractivity contribution in [2.45, 2.75) is 37.4 Å². The lowest BCUT2D eigenvalue weighted by Gasteiger charge is -2.51. The molecule has 2 aromatic rings. The molecular formula is C23H24ClFN4O3. The second-order valence-corrected chi connectivity index (χ2v) is 9.08. The number of hydrogen-bond donors (Lipinski definition) is 4. The number of carbonyl (C=O) groups excluding carboxylic acids is 2. The van der Waals surface area contributed by atoms with Crippen LogP contribution in [0.4, 0.5) is 10.1 Å². The molecule has 32 heavy (non-hydrogen) atoms. The highest BCUT2D eigenvalue weighted by atomic mass is 35.5. The van der Waals surface area contributed by atoms with Gasteiger partial charge in [0.2, 0.25) is 5.91 Å². The fourth-order valence-corrected chi connectivity index (χ4v) is 5.02. The lowest BCUT2D eigenvalue weighted by Crippen LogP contribution is -2.60. The first-order valence-corrected chi connectivity index (χ1v) is 11.1. The molecule has 2 aromatic carbocycles. The van der Waals surface area contributed by atoms with E-state index in [1.165, 1.54) is 12.1 Å². The first-order chi connectivity index (χ1) is 15.5. The van der Waals surface area contributed by atoms with E-state index in [1.54, 1.807) is 0 Å². The molecule has 0 saturated heterocycles. The molecule has 4 N–H and O–H groups in total.